The van der Waals surface area contributed by atoms with Gasteiger partial charge in [0.25, 0.3) is 5.91 Å². The Bertz CT molecular complexity index is 1220. The van der Waals surface area contributed by atoms with Crippen LogP contribution in [0.15, 0.2) is 53.7 Å². The van der Waals surface area contributed by atoms with Crippen molar-refractivity contribution in [1.82, 2.24) is 15.3 Å². The second kappa shape index (κ2) is 9.60. The molecule has 2 aromatic carbocycles. The summed E-state index contributed by atoms with van der Waals surface area (Å²) in [5.41, 5.74) is 0.976. The first-order valence-corrected chi connectivity index (χ1v) is 11.2. The van der Waals surface area contributed by atoms with E-state index in [2.05, 4.69) is 20.6 Å². The molecule has 0 saturated carbocycles. The van der Waals surface area contributed by atoms with Crippen molar-refractivity contribution in [3.05, 3.63) is 65.7 Å². The molecule has 0 bridgehead atoms. The maximum atomic E-state index is 14.5. The summed E-state index contributed by atoms with van der Waals surface area (Å²) in [4.78, 5) is 20.3. The summed E-state index contributed by atoms with van der Waals surface area (Å²) in [5.74, 6) is -0.530. The van der Waals surface area contributed by atoms with E-state index in [1.807, 2.05) is 0 Å². The first-order valence-electron chi connectivity index (χ1n) is 9.31. The number of hydrogen-bond acceptors (Lipinski definition) is 8. The largest absolute Gasteiger partial charge is 0.494 e. The number of nitrogens with zero attached hydrogens (tertiary/aromatic N) is 2. The first-order chi connectivity index (χ1) is 15.2. The molecule has 3 aromatic rings. The molecule has 0 unspecified atom stereocenters. The maximum Gasteiger partial charge on any atom is 0.251 e. The van der Waals surface area contributed by atoms with Crippen LogP contribution in [-0.2, 0) is 16.4 Å². The molecule has 9 nitrogen and oxygen atoms in total. The SMILES string of the molecule is CNC(=O)c1cc(COc2cnc(Nc3ccc(S(C)(=O)=O)cc3)nc2)c(F)c(OC)c1. The molecule has 0 aliphatic heterocycles. The molecule has 1 amide bonds. The minimum Gasteiger partial charge on any atom is -0.494 e. The van der Waals surface area contributed by atoms with E-state index in [0.29, 0.717) is 5.69 Å². The van der Waals surface area contributed by atoms with E-state index in [-0.39, 0.29) is 46.0 Å². The maximum absolute atomic E-state index is 14.5. The van der Waals surface area contributed by atoms with Gasteiger partial charge in [0.05, 0.1) is 24.4 Å². The number of rotatable bonds is 8. The van der Waals surface area contributed by atoms with Crippen molar-refractivity contribution in [3.8, 4) is 11.5 Å². The van der Waals surface area contributed by atoms with E-state index in [9.17, 15) is 17.6 Å². The molecule has 0 aliphatic carbocycles. The highest BCUT2D eigenvalue weighted by Crippen LogP contribution is 2.25. The van der Waals surface area contributed by atoms with Crippen molar-refractivity contribution in [2.75, 3.05) is 25.7 Å². The predicted molar refractivity (Wildman–Crippen MR) is 116 cm³/mol. The van der Waals surface area contributed by atoms with Crippen LogP contribution < -0.4 is 20.1 Å². The van der Waals surface area contributed by atoms with Gasteiger partial charge in [-0.15, -0.1) is 0 Å². The number of nitrogens with one attached hydrogen (secondary N) is 2. The Morgan fingerprint density at radius 2 is 1.78 bits per heavy atom. The van der Waals surface area contributed by atoms with E-state index < -0.39 is 15.7 Å². The molecule has 0 spiro atoms. The number of anilines is 2. The Balaban J connectivity index is 1.68. The van der Waals surface area contributed by atoms with Crippen molar-refractivity contribution in [1.29, 1.82) is 0 Å². The molecule has 0 aliphatic rings. The molecular formula is C21H21FN4O5S. The Labute approximate surface area is 184 Å². The van der Waals surface area contributed by atoms with E-state index in [1.54, 1.807) is 12.1 Å². The van der Waals surface area contributed by atoms with Gasteiger partial charge in [-0.3, -0.25) is 4.79 Å². The fraction of sp³-hybridized carbons (Fsp3) is 0.190. The Kier molecular flexibility index (Phi) is 6.89. The number of amides is 1. The van der Waals surface area contributed by atoms with Crippen LogP contribution in [0.5, 0.6) is 11.5 Å². The van der Waals surface area contributed by atoms with E-state index in [4.69, 9.17) is 9.47 Å². The monoisotopic (exact) mass is 460 g/mol. The molecule has 3 rings (SSSR count). The molecule has 168 valence electrons. The van der Waals surface area contributed by atoms with Crippen LogP contribution in [-0.4, -0.2) is 44.7 Å². The van der Waals surface area contributed by atoms with Crippen LogP contribution in [0, 0.1) is 5.82 Å². The van der Waals surface area contributed by atoms with Gasteiger partial charge in [0, 0.05) is 30.1 Å². The molecule has 11 heteroatoms. The topological polar surface area (TPSA) is 120 Å². The fourth-order valence-corrected chi connectivity index (χ4v) is 3.35. The van der Waals surface area contributed by atoms with Gasteiger partial charge in [-0.05, 0) is 36.4 Å². The number of aromatic nitrogens is 2. The Morgan fingerprint density at radius 1 is 1.12 bits per heavy atom. The molecule has 0 radical (unpaired) electrons. The van der Waals surface area contributed by atoms with Crippen LogP contribution in [0.4, 0.5) is 16.0 Å². The number of ether oxygens (including phenoxy) is 2. The third kappa shape index (κ3) is 5.49. The summed E-state index contributed by atoms with van der Waals surface area (Å²) in [5, 5.41) is 5.42. The highest BCUT2D eigenvalue weighted by molar-refractivity contribution is 7.90. The average molecular weight is 460 g/mol. The van der Waals surface area contributed by atoms with Crippen LogP contribution in [0.1, 0.15) is 15.9 Å². The van der Waals surface area contributed by atoms with Crippen molar-refractivity contribution in [2.24, 2.45) is 0 Å². The van der Waals surface area contributed by atoms with E-state index in [0.717, 1.165) is 6.26 Å². The number of hydrogen-bond donors (Lipinski definition) is 2. The van der Waals surface area contributed by atoms with Gasteiger partial charge in [-0.1, -0.05) is 0 Å². The van der Waals surface area contributed by atoms with Gasteiger partial charge in [0.1, 0.15) is 6.61 Å². The lowest BCUT2D eigenvalue weighted by molar-refractivity contribution is 0.0962. The second-order valence-electron chi connectivity index (χ2n) is 6.68. The van der Waals surface area contributed by atoms with Crippen LogP contribution in [0.25, 0.3) is 0 Å². The zero-order chi connectivity index (χ0) is 23.3. The van der Waals surface area contributed by atoms with Crippen LogP contribution >= 0.6 is 0 Å². The summed E-state index contributed by atoms with van der Waals surface area (Å²) in [6, 6.07) is 8.84. The average Bonchev–Trinajstić information content (AvgIpc) is 2.78. The molecule has 1 heterocycles. The first kappa shape index (κ1) is 22.9. The van der Waals surface area contributed by atoms with Gasteiger partial charge < -0.3 is 20.1 Å². The zero-order valence-electron chi connectivity index (χ0n) is 17.5. The second-order valence-corrected chi connectivity index (χ2v) is 8.70. The summed E-state index contributed by atoms with van der Waals surface area (Å²) in [7, 11) is -0.492. The van der Waals surface area contributed by atoms with Crippen molar-refractivity contribution in [3.63, 3.8) is 0 Å². The lowest BCUT2D eigenvalue weighted by Gasteiger charge is -2.12. The molecule has 0 fully saturated rings. The summed E-state index contributed by atoms with van der Waals surface area (Å²) in [6.45, 7) is -0.171. The Morgan fingerprint density at radius 3 is 2.34 bits per heavy atom. The highest BCUT2D eigenvalue weighted by atomic mass is 32.2. The molecule has 2 N–H and O–H groups in total. The Hall–Kier alpha value is -3.73. The van der Waals surface area contributed by atoms with Gasteiger partial charge in [0.2, 0.25) is 5.95 Å². The lowest BCUT2D eigenvalue weighted by Crippen LogP contribution is -2.18. The zero-order valence-corrected chi connectivity index (χ0v) is 18.4. The van der Waals surface area contributed by atoms with Crippen molar-refractivity contribution >= 4 is 27.4 Å². The number of halogens is 1. The molecule has 32 heavy (non-hydrogen) atoms. The van der Waals surface area contributed by atoms with E-state index >= 15 is 0 Å². The standard InChI is InChI=1S/C21H21FN4O5S/c1-23-20(27)13-8-14(19(22)18(9-13)30-2)12-31-16-10-24-21(25-11-16)26-15-4-6-17(7-5-15)32(3,28)29/h4-11H,12H2,1-3H3,(H,23,27)(H,24,25,26). The third-order valence-corrected chi connectivity index (χ3v) is 5.51. The predicted octanol–water partition coefficient (Wildman–Crippen LogP) is 2.71. The van der Waals surface area contributed by atoms with Gasteiger partial charge in [0.15, 0.2) is 27.2 Å². The minimum absolute atomic E-state index is 0.0672. The summed E-state index contributed by atoms with van der Waals surface area (Å²) >= 11 is 0. The highest BCUT2D eigenvalue weighted by Gasteiger charge is 2.16. The number of benzene rings is 2. The van der Waals surface area contributed by atoms with Gasteiger partial charge in [-0.25, -0.2) is 22.8 Å². The number of methoxy groups -OCH3 is 1. The number of carbonyl (C=O) groups is 1. The summed E-state index contributed by atoms with van der Waals surface area (Å²) in [6.07, 6.45) is 3.93. The molecular weight excluding hydrogens is 439 g/mol. The molecule has 1 aromatic heterocycles. The van der Waals surface area contributed by atoms with Crippen LogP contribution in [0.2, 0.25) is 0 Å². The fourth-order valence-electron chi connectivity index (χ4n) is 2.72. The lowest BCUT2D eigenvalue weighted by atomic mass is 10.1. The molecule has 0 saturated heterocycles. The summed E-state index contributed by atoms with van der Waals surface area (Å²) < 4.78 is 48.1. The van der Waals surface area contributed by atoms with E-state index in [1.165, 1.54) is 50.8 Å². The smallest absolute Gasteiger partial charge is 0.251 e. The van der Waals surface area contributed by atoms with Crippen LogP contribution in [0.3, 0.4) is 0 Å². The number of carbonyl (C=O) groups excluding carboxylic acids is 1. The minimum atomic E-state index is -3.28. The quantitative estimate of drug-likeness (QED) is 0.527. The number of sulfone groups is 1. The molecule has 0 atom stereocenters. The van der Waals surface area contributed by atoms with Crippen molar-refractivity contribution in [2.45, 2.75) is 11.5 Å². The van der Waals surface area contributed by atoms with Gasteiger partial charge >= 0.3 is 0 Å². The van der Waals surface area contributed by atoms with Crippen molar-refractivity contribution < 1.29 is 27.1 Å². The van der Waals surface area contributed by atoms with Gasteiger partial charge in [-0.2, -0.15) is 0 Å². The normalized spacial score (nSPS) is 11.0. The third-order valence-electron chi connectivity index (χ3n) is 4.38.